The van der Waals surface area contributed by atoms with Crippen LogP contribution in [-0.4, -0.2) is 67.1 Å². The number of nitrogens with zero attached hydrogens (tertiary/aromatic N) is 4. The molecular formula is C25H30N4O6S. The van der Waals surface area contributed by atoms with Crippen LogP contribution in [0.25, 0.3) is 0 Å². The van der Waals surface area contributed by atoms with E-state index in [0.29, 0.717) is 6.54 Å². The Morgan fingerprint density at radius 1 is 1.11 bits per heavy atom. The smallest absolute Gasteiger partial charge is 0.270 e. The topological polar surface area (TPSA) is 121 Å². The maximum Gasteiger partial charge on any atom is 0.270 e. The molecule has 11 heteroatoms. The maximum absolute atomic E-state index is 13.2. The van der Waals surface area contributed by atoms with Crippen molar-refractivity contribution in [3.63, 3.8) is 0 Å². The minimum atomic E-state index is -3.93. The minimum absolute atomic E-state index is 0.0813. The Bertz CT molecular complexity index is 1270. The fourth-order valence-corrected chi connectivity index (χ4v) is 6.25. The number of sulfonamides is 1. The zero-order valence-corrected chi connectivity index (χ0v) is 21.2. The summed E-state index contributed by atoms with van der Waals surface area (Å²) in [4.78, 5) is 39.7. The molecule has 2 aliphatic heterocycles. The van der Waals surface area contributed by atoms with E-state index in [4.69, 9.17) is 0 Å². The van der Waals surface area contributed by atoms with Crippen molar-refractivity contribution < 1.29 is 22.9 Å². The van der Waals surface area contributed by atoms with Crippen LogP contribution in [-0.2, 0) is 19.6 Å². The van der Waals surface area contributed by atoms with Crippen LogP contribution in [0.15, 0.2) is 53.4 Å². The van der Waals surface area contributed by atoms with E-state index in [9.17, 15) is 28.1 Å². The summed E-state index contributed by atoms with van der Waals surface area (Å²) in [6.45, 7) is 5.07. The molecular weight excluding hydrogens is 484 g/mol. The van der Waals surface area contributed by atoms with Crippen molar-refractivity contribution in [1.82, 2.24) is 9.21 Å². The highest BCUT2D eigenvalue weighted by Gasteiger charge is 2.39. The second-order valence-electron chi connectivity index (χ2n) is 9.26. The number of nitro benzene ring substituents is 1. The average molecular weight is 515 g/mol. The zero-order valence-electron chi connectivity index (χ0n) is 20.4. The molecule has 0 N–H and O–H groups in total. The molecule has 0 radical (unpaired) electrons. The lowest BCUT2D eigenvalue weighted by atomic mass is 9.96. The molecule has 4 rings (SSSR count). The molecule has 10 nitrogen and oxygen atoms in total. The Balaban J connectivity index is 1.42. The summed E-state index contributed by atoms with van der Waals surface area (Å²) < 4.78 is 27.2. The van der Waals surface area contributed by atoms with Crippen molar-refractivity contribution >= 4 is 33.2 Å². The lowest BCUT2D eigenvalue weighted by Crippen LogP contribution is -2.52. The van der Waals surface area contributed by atoms with Gasteiger partial charge >= 0.3 is 0 Å². The molecule has 0 aromatic heterocycles. The Morgan fingerprint density at radius 2 is 1.81 bits per heavy atom. The summed E-state index contributed by atoms with van der Waals surface area (Å²) in [5, 5.41) is 11.0. The van der Waals surface area contributed by atoms with Gasteiger partial charge in [0.2, 0.25) is 21.8 Å². The van der Waals surface area contributed by atoms with Crippen molar-refractivity contribution in [2.24, 2.45) is 5.92 Å². The second-order valence-corrected chi connectivity index (χ2v) is 11.2. The van der Waals surface area contributed by atoms with E-state index in [-0.39, 0.29) is 60.9 Å². The number of rotatable bonds is 7. The Labute approximate surface area is 210 Å². The first-order valence-corrected chi connectivity index (χ1v) is 13.5. The van der Waals surface area contributed by atoms with Gasteiger partial charge in [-0.3, -0.25) is 19.7 Å². The van der Waals surface area contributed by atoms with Gasteiger partial charge < -0.3 is 9.80 Å². The molecule has 0 unspecified atom stereocenters. The number of carbonyl (C=O) groups excluding carboxylic acids is 2. The van der Waals surface area contributed by atoms with E-state index in [2.05, 4.69) is 13.8 Å². The third-order valence-electron chi connectivity index (χ3n) is 7.06. The van der Waals surface area contributed by atoms with Gasteiger partial charge in [0.05, 0.1) is 15.7 Å². The van der Waals surface area contributed by atoms with E-state index in [0.717, 1.165) is 23.7 Å². The summed E-state index contributed by atoms with van der Waals surface area (Å²) >= 11 is 0. The van der Waals surface area contributed by atoms with Crippen molar-refractivity contribution in [2.45, 2.75) is 37.5 Å². The molecule has 0 aliphatic carbocycles. The number of amides is 2. The van der Waals surface area contributed by atoms with Gasteiger partial charge in [-0.2, -0.15) is 4.31 Å². The highest BCUT2D eigenvalue weighted by Crippen LogP contribution is 2.34. The number of para-hydroxylation sites is 1. The van der Waals surface area contributed by atoms with Crippen molar-refractivity contribution in [1.29, 1.82) is 0 Å². The predicted octanol–water partition coefficient (Wildman–Crippen LogP) is 2.99. The van der Waals surface area contributed by atoms with Crippen LogP contribution in [0.3, 0.4) is 0 Å². The van der Waals surface area contributed by atoms with Crippen LogP contribution in [0.2, 0.25) is 0 Å². The molecule has 2 fully saturated rings. The normalized spacial score (nSPS) is 19.9. The van der Waals surface area contributed by atoms with E-state index >= 15 is 0 Å². The van der Waals surface area contributed by atoms with Gasteiger partial charge in [0, 0.05) is 57.0 Å². The van der Waals surface area contributed by atoms with Gasteiger partial charge in [0.25, 0.3) is 5.69 Å². The Kier molecular flexibility index (Phi) is 7.41. The van der Waals surface area contributed by atoms with E-state index in [1.165, 1.54) is 22.5 Å². The quantitative estimate of drug-likeness (QED) is 0.414. The minimum Gasteiger partial charge on any atom is -0.340 e. The number of nitro groups is 1. The summed E-state index contributed by atoms with van der Waals surface area (Å²) in [6.07, 6.45) is 1.06. The van der Waals surface area contributed by atoms with Gasteiger partial charge in [0.15, 0.2) is 0 Å². The molecule has 2 aromatic carbocycles. The standard InChI is InChI=1S/C25H30N4O6S/c1-3-18(2)22-9-4-5-10-23(22)28-17-19(15-24(28)30)25(31)26-11-13-27(14-12-26)36(34,35)21-8-6-7-20(16-21)29(32)33/h4-10,16,18-19H,3,11-15,17H2,1-2H3/t18-,19-/m0/s1. The lowest BCUT2D eigenvalue weighted by Gasteiger charge is -2.35. The molecule has 0 spiro atoms. The predicted molar refractivity (Wildman–Crippen MR) is 134 cm³/mol. The van der Waals surface area contributed by atoms with Crippen LogP contribution in [0.5, 0.6) is 0 Å². The monoisotopic (exact) mass is 514 g/mol. The van der Waals surface area contributed by atoms with Crippen molar-refractivity contribution in [2.75, 3.05) is 37.6 Å². The van der Waals surface area contributed by atoms with Gasteiger partial charge in [-0.25, -0.2) is 8.42 Å². The largest absolute Gasteiger partial charge is 0.340 e. The fourth-order valence-electron chi connectivity index (χ4n) is 4.79. The average Bonchev–Trinajstić information content (AvgIpc) is 3.29. The molecule has 2 heterocycles. The fraction of sp³-hybridized carbons (Fsp3) is 0.440. The molecule has 2 saturated heterocycles. The highest BCUT2D eigenvalue weighted by molar-refractivity contribution is 7.89. The summed E-state index contributed by atoms with van der Waals surface area (Å²) in [5.74, 6) is -0.442. The molecule has 0 bridgehead atoms. The van der Waals surface area contributed by atoms with Crippen LogP contribution < -0.4 is 4.90 Å². The summed E-state index contributed by atoms with van der Waals surface area (Å²) in [5.41, 5.74) is 1.64. The second kappa shape index (κ2) is 10.4. The molecule has 36 heavy (non-hydrogen) atoms. The lowest BCUT2D eigenvalue weighted by molar-refractivity contribution is -0.385. The van der Waals surface area contributed by atoms with Crippen molar-refractivity contribution in [3.8, 4) is 0 Å². The number of piperazine rings is 1. The first-order chi connectivity index (χ1) is 17.1. The summed E-state index contributed by atoms with van der Waals surface area (Å²) in [7, 11) is -3.93. The van der Waals surface area contributed by atoms with E-state index < -0.39 is 20.9 Å². The third-order valence-corrected chi connectivity index (χ3v) is 8.96. The SMILES string of the molecule is CC[C@H](C)c1ccccc1N1C[C@@H](C(=O)N2CCN(S(=O)(=O)c3cccc([N+](=O)[O-])c3)CC2)CC1=O. The molecule has 0 saturated carbocycles. The van der Waals surface area contributed by atoms with Gasteiger partial charge in [-0.05, 0) is 30.0 Å². The van der Waals surface area contributed by atoms with Crippen LogP contribution in [0.1, 0.15) is 38.2 Å². The van der Waals surface area contributed by atoms with Crippen LogP contribution in [0, 0.1) is 16.0 Å². The van der Waals surface area contributed by atoms with Gasteiger partial charge in [0.1, 0.15) is 0 Å². The molecule has 192 valence electrons. The van der Waals surface area contributed by atoms with E-state index in [1.807, 2.05) is 24.3 Å². The van der Waals surface area contributed by atoms with Crippen molar-refractivity contribution in [3.05, 3.63) is 64.2 Å². The number of anilines is 1. The zero-order chi connectivity index (χ0) is 26.0. The number of benzene rings is 2. The first-order valence-electron chi connectivity index (χ1n) is 12.1. The molecule has 2 aliphatic rings. The first kappa shape index (κ1) is 25.8. The molecule has 2 aromatic rings. The van der Waals surface area contributed by atoms with Crippen LogP contribution in [0.4, 0.5) is 11.4 Å². The highest BCUT2D eigenvalue weighted by atomic mass is 32.2. The maximum atomic E-state index is 13.2. The number of hydrogen-bond acceptors (Lipinski definition) is 6. The molecule has 2 amide bonds. The third kappa shape index (κ3) is 4.98. The van der Waals surface area contributed by atoms with Gasteiger partial charge in [-0.15, -0.1) is 0 Å². The van der Waals surface area contributed by atoms with Gasteiger partial charge in [-0.1, -0.05) is 38.1 Å². The molecule has 2 atom stereocenters. The number of non-ortho nitro benzene ring substituents is 1. The number of hydrogen-bond donors (Lipinski definition) is 0. The summed E-state index contributed by atoms with van der Waals surface area (Å²) in [6, 6.07) is 12.7. The number of carbonyl (C=O) groups is 2. The van der Waals surface area contributed by atoms with E-state index in [1.54, 1.807) is 9.80 Å². The Morgan fingerprint density at radius 3 is 2.47 bits per heavy atom. The Hall–Kier alpha value is -3.31. The van der Waals surface area contributed by atoms with Crippen LogP contribution >= 0.6 is 0 Å².